The summed E-state index contributed by atoms with van der Waals surface area (Å²) >= 11 is 0. The number of carbonyl (C=O) groups is 1. The maximum atomic E-state index is 13.2. The van der Waals surface area contributed by atoms with Crippen LogP contribution in [0, 0.1) is 11.8 Å². The van der Waals surface area contributed by atoms with Gasteiger partial charge < -0.3 is 10.1 Å². The van der Waals surface area contributed by atoms with Crippen molar-refractivity contribution in [3.05, 3.63) is 35.4 Å². The van der Waals surface area contributed by atoms with Gasteiger partial charge in [-0.25, -0.2) is 0 Å². The number of hydrogen-bond donors (Lipinski definition) is 1. The second-order valence-corrected chi connectivity index (χ2v) is 6.95. The number of likely N-dealkylation sites (tertiary alicyclic amines) is 1. The van der Waals surface area contributed by atoms with Gasteiger partial charge in [0.1, 0.15) is 0 Å². The van der Waals surface area contributed by atoms with Crippen LogP contribution >= 0.6 is 0 Å². The minimum absolute atomic E-state index is 0.00167. The predicted molar refractivity (Wildman–Crippen MR) is 86.7 cm³/mol. The predicted octanol–water partition coefficient (Wildman–Crippen LogP) is 2.68. The van der Waals surface area contributed by atoms with Crippen LogP contribution in [0.2, 0.25) is 0 Å². The zero-order chi connectivity index (χ0) is 18.0. The Bertz CT molecular complexity index is 617. The number of nitrogens with zero attached hydrogens (tertiary/aromatic N) is 1. The van der Waals surface area contributed by atoms with Crippen molar-refractivity contribution in [1.29, 1.82) is 0 Å². The molecule has 1 N–H and O–H groups in total. The quantitative estimate of drug-likeness (QED) is 0.852. The lowest BCUT2D eigenvalue weighted by molar-refractivity contribution is -0.138. The Balaban J connectivity index is 1.70. The van der Waals surface area contributed by atoms with Crippen molar-refractivity contribution in [3.8, 4) is 0 Å². The lowest BCUT2D eigenvalue weighted by Gasteiger charge is -2.19. The zero-order valence-electron chi connectivity index (χ0n) is 14.2. The molecule has 1 heterocycles. The molecule has 2 atom stereocenters. The van der Waals surface area contributed by atoms with Crippen LogP contribution in [-0.2, 0) is 22.3 Å². The molecule has 2 aliphatic rings. The number of benzene rings is 1. The number of nitrogens with one attached hydrogen (secondary N) is 1. The third kappa shape index (κ3) is 4.52. The van der Waals surface area contributed by atoms with E-state index in [4.69, 9.17) is 4.74 Å². The molecule has 1 aromatic rings. The van der Waals surface area contributed by atoms with Gasteiger partial charge in [0, 0.05) is 38.7 Å². The molecule has 3 rings (SSSR count). The standard InChI is InChI=1S/C18H23F3N2O2/c1-25-11-13-9-23(10-15(13)17(24)22-14-6-7-14)8-12-4-2-3-5-16(12)18(19,20)21/h2-5,13-15H,6-11H2,1H3,(H,22,24). The van der Waals surface area contributed by atoms with Crippen LogP contribution in [0.15, 0.2) is 24.3 Å². The Morgan fingerprint density at radius 3 is 2.64 bits per heavy atom. The Kier molecular flexibility index (Phi) is 5.34. The van der Waals surface area contributed by atoms with Crippen LogP contribution in [0.4, 0.5) is 13.2 Å². The van der Waals surface area contributed by atoms with Crippen molar-refractivity contribution >= 4 is 5.91 Å². The Morgan fingerprint density at radius 1 is 1.28 bits per heavy atom. The largest absolute Gasteiger partial charge is 0.416 e. The van der Waals surface area contributed by atoms with Crippen molar-refractivity contribution in [3.63, 3.8) is 0 Å². The lowest BCUT2D eigenvalue weighted by atomic mass is 9.96. The first-order chi connectivity index (χ1) is 11.9. The summed E-state index contributed by atoms with van der Waals surface area (Å²) in [5, 5.41) is 3.00. The normalized spacial score (nSPS) is 24.5. The van der Waals surface area contributed by atoms with Gasteiger partial charge >= 0.3 is 6.18 Å². The number of alkyl halides is 3. The van der Waals surface area contributed by atoms with Gasteiger partial charge in [-0.3, -0.25) is 9.69 Å². The maximum Gasteiger partial charge on any atom is 0.416 e. The highest BCUT2D eigenvalue weighted by Crippen LogP contribution is 2.34. The van der Waals surface area contributed by atoms with E-state index in [1.165, 1.54) is 12.1 Å². The summed E-state index contributed by atoms with van der Waals surface area (Å²) in [5.41, 5.74) is -0.362. The van der Waals surface area contributed by atoms with E-state index in [0.29, 0.717) is 19.7 Å². The first-order valence-electron chi connectivity index (χ1n) is 8.55. The first-order valence-corrected chi connectivity index (χ1v) is 8.55. The molecule has 2 unspecified atom stereocenters. The van der Waals surface area contributed by atoms with E-state index in [2.05, 4.69) is 5.32 Å². The fourth-order valence-corrected chi connectivity index (χ4v) is 3.48. The van der Waals surface area contributed by atoms with E-state index in [9.17, 15) is 18.0 Å². The molecule has 1 aromatic carbocycles. The van der Waals surface area contributed by atoms with Crippen LogP contribution in [0.25, 0.3) is 0 Å². The maximum absolute atomic E-state index is 13.2. The molecular formula is C18H23F3N2O2. The van der Waals surface area contributed by atoms with Gasteiger partial charge in [-0.15, -0.1) is 0 Å². The van der Waals surface area contributed by atoms with Crippen molar-refractivity contribution in [1.82, 2.24) is 10.2 Å². The molecule has 0 bridgehead atoms. The molecule has 7 heteroatoms. The number of rotatable bonds is 6. The number of halogens is 3. The number of carbonyl (C=O) groups excluding carboxylic acids is 1. The molecule has 138 valence electrons. The summed E-state index contributed by atoms with van der Waals surface area (Å²) < 4.78 is 44.7. The van der Waals surface area contributed by atoms with Crippen molar-refractivity contribution in [2.75, 3.05) is 26.8 Å². The molecule has 0 radical (unpaired) electrons. The van der Waals surface area contributed by atoms with E-state index in [1.807, 2.05) is 4.90 Å². The summed E-state index contributed by atoms with van der Waals surface area (Å²) in [7, 11) is 1.58. The number of methoxy groups -OCH3 is 1. The van der Waals surface area contributed by atoms with Crippen molar-refractivity contribution in [2.45, 2.75) is 31.6 Å². The summed E-state index contributed by atoms with van der Waals surface area (Å²) in [6.07, 6.45) is -2.35. The second-order valence-electron chi connectivity index (χ2n) is 6.95. The lowest BCUT2D eigenvalue weighted by Crippen LogP contribution is -2.37. The van der Waals surface area contributed by atoms with Gasteiger partial charge in [0.15, 0.2) is 0 Å². The third-order valence-electron chi connectivity index (χ3n) is 4.87. The fourth-order valence-electron chi connectivity index (χ4n) is 3.48. The second kappa shape index (κ2) is 7.33. The summed E-state index contributed by atoms with van der Waals surface area (Å²) in [5.74, 6) is -0.239. The highest BCUT2D eigenvalue weighted by atomic mass is 19.4. The van der Waals surface area contributed by atoms with E-state index in [1.54, 1.807) is 13.2 Å². The smallest absolute Gasteiger partial charge is 0.384 e. The molecule has 0 aromatic heterocycles. The van der Waals surface area contributed by atoms with Crippen LogP contribution < -0.4 is 5.32 Å². The van der Waals surface area contributed by atoms with Gasteiger partial charge in [-0.05, 0) is 24.5 Å². The Labute approximate surface area is 145 Å². The van der Waals surface area contributed by atoms with Gasteiger partial charge in [-0.2, -0.15) is 13.2 Å². The van der Waals surface area contributed by atoms with E-state index in [-0.39, 0.29) is 35.9 Å². The third-order valence-corrected chi connectivity index (χ3v) is 4.87. The molecule has 1 aliphatic heterocycles. The van der Waals surface area contributed by atoms with E-state index in [0.717, 1.165) is 18.9 Å². The average Bonchev–Trinajstić information content (AvgIpc) is 3.27. The van der Waals surface area contributed by atoms with Crippen LogP contribution in [0.5, 0.6) is 0 Å². The number of amides is 1. The highest BCUT2D eigenvalue weighted by Gasteiger charge is 2.40. The SMILES string of the molecule is COCC1CN(Cc2ccccc2C(F)(F)F)CC1C(=O)NC1CC1. The van der Waals surface area contributed by atoms with E-state index < -0.39 is 11.7 Å². The Morgan fingerprint density at radius 2 is 2.00 bits per heavy atom. The Hall–Kier alpha value is -1.60. The van der Waals surface area contributed by atoms with Crippen LogP contribution in [0.1, 0.15) is 24.0 Å². The summed E-state index contributed by atoms with van der Waals surface area (Å²) in [6.45, 7) is 1.63. The summed E-state index contributed by atoms with van der Waals surface area (Å²) in [6, 6.07) is 5.90. The average molecular weight is 356 g/mol. The molecular weight excluding hydrogens is 333 g/mol. The molecule has 1 amide bonds. The van der Waals surface area contributed by atoms with Gasteiger partial charge in [0.2, 0.25) is 5.91 Å². The fraction of sp³-hybridized carbons (Fsp3) is 0.611. The summed E-state index contributed by atoms with van der Waals surface area (Å²) in [4.78, 5) is 14.4. The van der Waals surface area contributed by atoms with Crippen LogP contribution in [0.3, 0.4) is 0 Å². The molecule has 25 heavy (non-hydrogen) atoms. The van der Waals surface area contributed by atoms with Gasteiger partial charge in [-0.1, -0.05) is 18.2 Å². The van der Waals surface area contributed by atoms with Gasteiger partial charge in [0.25, 0.3) is 0 Å². The van der Waals surface area contributed by atoms with Crippen molar-refractivity contribution in [2.24, 2.45) is 11.8 Å². The minimum Gasteiger partial charge on any atom is -0.384 e. The van der Waals surface area contributed by atoms with Crippen molar-refractivity contribution < 1.29 is 22.7 Å². The molecule has 4 nitrogen and oxygen atoms in total. The number of ether oxygens (including phenoxy) is 1. The molecule has 0 spiro atoms. The van der Waals surface area contributed by atoms with Crippen LogP contribution in [-0.4, -0.2) is 43.7 Å². The van der Waals surface area contributed by atoms with Gasteiger partial charge in [0.05, 0.1) is 18.1 Å². The molecule has 1 saturated carbocycles. The molecule has 1 saturated heterocycles. The monoisotopic (exact) mass is 356 g/mol. The zero-order valence-corrected chi connectivity index (χ0v) is 14.2. The molecule has 1 aliphatic carbocycles. The topological polar surface area (TPSA) is 41.6 Å². The highest BCUT2D eigenvalue weighted by molar-refractivity contribution is 5.80. The minimum atomic E-state index is -4.37. The van der Waals surface area contributed by atoms with E-state index >= 15 is 0 Å². The molecule has 2 fully saturated rings. The first kappa shape index (κ1) is 18.2. The number of hydrogen-bond acceptors (Lipinski definition) is 3.